The van der Waals surface area contributed by atoms with Crippen LogP contribution in [0.4, 0.5) is 19.1 Å². The number of hydrogen-bond donors (Lipinski definition) is 1. The van der Waals surface area contributed by atoms with Crippen molar-refractivity contribution in [2.75, 3.05) is 18.4 Å². The number of likely N-dealkylation sites (tertiary alicyclic amines) is 1. The van der Waals surface area contributed by atoms with Gasteiger partial charge in [-0.1, -0.05) is 0 Å². The van der Waals surface area contributed by atoms with Gasteiger partial charge in [0.05, 0.1) is 0 Å². The van der Waals surface area contributed by atoms with Gasteiger partial charge >= 0.3 is 6.18 Å². The van der Waals surface area contributed by atoms with Crippen molar-refractivity contribution < 1.29 is 18.0 Å². The third-order valence-corrected chi connectivity index (χ3v) is 3.08. The predicted molar refractivity (Wildman–Crippen MR) is 65.9 cm³/mol. The van der Waals surface area contributed by atoms with Gasteiger partial charge in [-0.25, -0.2) is 9.97 Å². The molecule has 0 bridgehead atoms. The van der Waals surface area contributed by atoms with Crippen LogP contribution in [-0.4, -0.2) is 39.9 Å². The molecule has 1 atom stereocenters. The molecule has 0 saturated carbocycles. The van der Waals surface area contributed by atoms with Crippen molar-refractivity contribution in [3.05, 3.63) is 18.0 Å². The van der Waals surface area contributed by atoms with Crippen molar-refractivity contribution >= 4 is 11.9 Å². The van der Waals surface area contributed by atoms with Gasteiger partial charge in [0, 0.05) is 19.3 Å². The van der Waals surface area contributed by atoms with Gasteiger partial charge in [0.15, 0.2) is 0 Å². The summed E-state index contributed by atoms with van der Waals surface area (Å²) in [7, 11) is 0. The molecule has 1 amide bonds. The number of alkyl halides is 3. The zero-order valence-corrected chi connectivity index (χ0v) is 10.9. The average molecular weight is 288 g/mol. The predicted octanol–water partition coefficient (Wildman–Crippen LogP) is 1.92. The first-order chi connectivity index (χ1) is 9.38. The Hall–Kier alpha value is -1.86. The Balaban J connectivity index is 2.04. The largest absolute Gasteiger partial charge is 0.433 e. The van der Waals surface area contributed by atoms with E-state index in [1.807, 2.05) is 0 Å². The second-order valence-electron chi connectivity index (χ2n) is 4.66. The topological polar surface area (TPSA) is 58.1 Å². The average Bonchev–Trinajstić information content (AvgIpc) is 2.91. The number of amides is 1. The smallest absolute Gasteiger partial charge is 0.343 e. The number of anilines is 1. The van der Waals surface area contributed by atoms with E-state index in [9.17, 15) is 18.0 Å². The molecule has 1 aromatic heterocycles. The molecular formula is C12H15F3N4O. The van der Waals surface area contributed by atoms with Gasteiger partial charge in [-0.15, -0.1) is 0 Å². The van der Waals surface area contributed by atoms with Gasteiger partial charge < -0.3 is 10.2 Å². The van der Waals surface area contributed by atoms with Crippen molar-refractivity contribution in [3.8, 4) is 0 Å². The molecule has 1 aromatic rings. The molecule has 0 spiro atoms. The number of halogens is 3. The fourth-order valence-electron chi connectivity index (χ4n) is 2.05. The van der Waals surface area contributed by atoms with E-state index in [1.54, 1.807) is 11.8 Å². The molecule has 2 heterocycles. The Labute approximate surface area is 114 Å². The van der Waals surface area contributed by atoms with Crippen LogP contribution < -0.4 is 5.32 Å². The summed E-state index contributed by atoms with van der Waals surface area (Å²) >= 11 is 0. The van der Waals surface area contributed by atoms with Gasteiger partial charge in [0.2, 0.25) is 11.9 Å². The molecule has 1 aliphatic heterocycles. The van der Waals surface area contributed by atoms with Gasteiger partial charge in [-0.05, 0) is 25.8 Å². The van der Waals surface area contributed by atoms with E-state index in [0.717, 1.165) is 25.1 Å². The van der Waals surface area contributed by atoms with Crippen LogP contribution in [0.1, 0.15) is 25.5 Å². The maximum absolute atomic E-state index is 12.5. The molecule has 8 heteroatoms. The maximum atomic E-state index is 12.5. The molecule has 1 aliphatic rings. The number of rotatable bonds is 3. The Kier molecular flexibility index (Phi) is 4.10. The van der Waals surface area contributed by atoms with Crippen LogP contribution in [0.15, 0.2) is 12.3 Å². The minimum atomic E-state index is -4.53. The normalized spacial score (nSPS) is 17.1. The van der Waals surface area contributed by atoms with Gasteiger partial charge in [-0.3, -0.25) is 4.79 Å². The highest BCUT2D eigenvalue weighted by atomic mass is 19.4. The molecule has 1 N–H and O–H groups in total. The summed E-state index contributed by atoms with van der Waals surface area (Å²) < 4.78 is 37.5. The highest BCUT2D eigenvalue weighted by Crippen LogP contribution is 2.27. The molecule has 1 saturated heterocycles. The van der Waals surface area contributed by atoms with Crippen molar-refractivity contribution in [1.29, 1.82) is 0 Å². The molecule has 0 aromatic carbocycles. The molecule has 20 heavy (non-hydrogen) atoms. The van der Waals surface area contributed by atoms with E-state index in [2.05, 4.69) is 15.3 Å². The van der Waals surface area contributed by atoms with Crippen molar-refractivity contribution in [1.82, 2.24) is 14.9 Å². The fourth-order valence-corrected chi connectivity index (χ4v) is 2.05. The summed E-state index contributed by atoms with van der Waals surface area (Å²) in [5.74, 6) is -0.344. The quantitative estimate of drug-likeness (QED) is 0.923. The summed E-state index contributed by atoms with van der Waals surface area (Å²) in [6.07, 6.45) is -1.59. The summed E-state index contributed by atoms with van der Waals surface area (Å²) in [6, 6.07) is 0.134. The number of hydrogen-bond acceptors (Lipinski definition) is 4. The fraction of sp³-hybridized carbons (Fsp3) is 0.583. The zero-order valence-electron chi connectivity index (χ0n) is 10.9. The number of nitrogens with one attached hydrogen (secondary N) is 1. The summed E-state index contributed by atoms with van der Waals surface area (Å²) in [6.45, 7) is 2.97. The molecular weight excluding hydrogens is 273 g/mol. The Morgan fingerprint density at radius 1 is 1.40 bits per heavy atom. The van der Waals surface area contributed by atoms with Crippen molar-refractivity contribution in [2.24, 2.45) is 0 Å². The lowest BCUT2D eigenvalue weighted by molar-refractivity contribution is -0.141. The second kappa shape index (κ2) is 5.64. The number of carbonyl (C=O) groups is 1. The van der Waals surface area contributed by atoms with E-state index in [1.165, 1.54) is 0 Å². The van der Waals surface area contributed by atoms with Crippen LogP contribution in [0.3, 0.4) is 0 Å². The molecule has 2 rings (SSSR count). The van der Waals surface area contributed by atoms with Gasteiger partial charge in [0.1, 0.15) is 11.7 Å². The Morgan fingerprint density at radius 2 is 2.05 bits per heavy atom. The van der Waals surface area contributed by atoms with E-state index in [4.69, 9.17) is 0 Å². The lowest BCUT2D eigenvalue weighted by Gasteiger charge is -2.21. The lowest BCUT2D eigenvalue weighted by atomic mass is 10.3. The van der Waals surface area contributed by atoms with Crippen LogP contribution >= 0.6 is 0 Å². The van der Waals surface area contributed by atoms with Gasteiger partial charge in [-0.2, -0.15) is 13.2 Å². The van der Waals surface area contributed by atoms with E-state index < -0.39 is 17.9 Å². The van der Waals surface area contributed by atoms with E-state index in [0.29, 0.717) is 13.1 Å². The SMILES string of the molecule is CC(Nc1nccc(C(F)(F)F)n1)C(=O)N1CCCC1. The first kappa shape index (κ1) is 14.5. The Bertz CT molecular complexity index is 486. The van der Waals surface area contributed by atoms with Gasteiger partial charge in [0.25, 0.3) is 0 Å². The van der Waals surface area contributed by atoms with Crippen LogP contribution in [0.2, 0.25) is 0 Å². The van der Waals surface area contributed by atoms with Crippen LogP contribution in [0.5, 0.6) is 0 Å². The zero-order chi connectivity index (χ0) is 14.8. The minimum absolute atomic E-state index is 0.150. The lowest BCUT2D eigenvalue weighted by Crippen LogP contribution is -2.40. The third-order valence-electron chi connectivity index (χ3n) is 3.08. The standard InChI is InChI=1S/C12H15F3N4O/c1-8(10(20)19-6-2-3-7-19)17-11-16-5-4-9(18-11)12(13,14)15/h4-5,8H,2-3,6-7H2,1H3,(H,16,17,18). The summed E-state index contributed by atoms with van der Waals surface area (Å²) in [5.41, 5.74) is -1.03. The second-order valence-corrected chi connectivity index (χ2v) is 4.66. The summed E-state index contributed by atoms with van der Waals surface area (Å²) in [4.78, 5) is 20.8. The molecule has 1 fully saturated rings. The Morgan fingerprint density at radius 3 is 2.65 bits per heavy atom. The van der Waals surface area contributed by atoms with Crippen LogP contribution in [0, 0.1) is 0 Å². The minimum Gasteiger partial charge on any atom is -0.343 e. The molecule has 5 nitrogen and oxygen atoms in total. The number of nitrogens with zero attached hydrogens (tertiary/aromatic N) is 3. The first-order valence-electron chi connectivity index (χ1n) is 6.33. The molecule has 110 valence electrons. The first-order valence-corrected chi connectivity index (χ1v) is 6.33. The molecule has 0 radical (unpaired) electrons. The maximum Gasteiger partial charge on any atom is 0.433 e. The molecule has 0 aliphatic carbocycles. The highest BCUT2D eigenvalue weighted by Gasteiger charge is 2.33. The number of aromatic nitrogens is 2. The van der Waals surface area contributed by atoms with E-state index >= 15 is 0 Å². The third kappa shape index (κ3) is 3.37. The highest BCUT2D eigenvalue weighted by molar-refractivity contribution is 5.84. The van der Waals surface area contributed by atoms with Crippen molar-refractivity contribution in [3.63, 3.8) is 0 Å². The monoisotopic (exact) mass is 288 g/mol. The summed E-state index contributed by atoms with van der Waals surface area (Å²) in [5, 5.41) is 2.62. The van der Waals surface area contributed by atoms with Crippen molar-refractivity contribution in [2.45, 2.75) is 32.0 Å². The molecule has 1 unspecified atom stereocenters. The van der Waals surface area contributed by atoms with Crippen LogP contribution in [0.25, 0.3) is 0 Å². The van der Waals surface area contributed by atoms with Crippen LogP contribution in [-0.2, 0) is 11.0 Å². The van der Waals surface area contributed by atoms with E-state index in [-0.39, 0.29) is 11.9 Å². The number of carbonyl (C=O) groups excluding carboxylic acids is 1.